The molecule has 1 aliphatic rings. The summed E-state index contributed by atoms with van der Waals surface area (Å²) in [6, 6.07) is 10.4. The second-order valence-electron chi connectivity index (χ2n) is 5.44. The summed E-state index contributed by atoms with van der Waals surface area (Å²) in [6.45, 7) is 0.965. The number of ether oxygens (including phenoxy) is 2. The standard InChI is InChI=1S/C17H17N3O3S/c18-9-11-1-3-12(4-2-11)23-15-5-7-22-10-14(15)20-17(21)16-13(19)6-8-24-16/h1-4,6,8,14-15H,5,7,10,19H2,(H,20,21)/t14-,15-/m1/s1. The molecule has 0 bridgehead atoms. The number of nitrogens with two attached hydrogens (primary N) is 1. The number of benzene rings is 1. The third-order valence-electron chi connectivity index (χ3n) is 3.78. The molecule has 1 aromatic heterocycles. The van der Waals surface area contributed by atoms with Gasteiger partial charge in [0.15, 0.2) is 0 Å². The molecule has 2 heterocycles. The summed E-state index contributed by atoms with van der Waals surface area (Å²) in [5, 5.41) is 13.6. The topological polar surface area (TPSA) is 97.4 Å². The molecule has 2 atom stereocenters. The highest BCUT2D eigenvalue weighted by Gasteiger charge is 2.30. The van der Waals surface area contributed by atoms with Crippen LogP contribution in [0.15, 0.2) is 35.7 Å². The fourth-order valence-corrected chi connectivity index (χ4v) is 3.24. The van der Waals surface area contributed by atoms with Crippen molar-refractivity contribution >= 4 is 22.9 Å². The zero-order chi connectivity index (χ0) is 16.9. The number of thiophene rings is 1. The molecule has 0 spiro atoms. The number of nitrogen functional groups attached to an aromatic ring is 1. The van der Waals surface area contributed by atoms with E-state index in [9.17, 15) is 4.79 Å². The lowest BCUT2D eigenvalue weighted by molar-refractivity contribution is -0.00282. The molecule has 3 N–H and O–H groups in total. The minimum atomic E-state index is -0.261. The molecule has 0 radical (unpaired) electrons. The van der Waals surface area contributed by atoms with Gasteiger partial charge in [-0.1, -0.05) is 0 Å². The Kier molecular flexibility index (Phi) is 4.99. The van der Waals surface area contributed by atoms with E-state index < -0.39 is 0 Å². The Balaban J connectivity index is 1.67. The molecular weight excluding hydrogens is 326 g/mol. The molecule has 6 nitrogen and oxygen atoms in total. The van der Waals surface area contributed by atoms with Crippen LogP contribution in [0.1, 0.15) is 21.7 Å². The number of carbonyl (C=O) groups excluding carboxylic acids is 1. The van der Waals surface area contributed by atoms with Gasteiger partial charge in [-0.3, -0.25) is 4.79 Å². The monoisotopic (exact) mass is 343 g/mol. The normalized spacial score (nSPS) is 20.1. The third-order valence-corrected chi connectivity index (χ3v) is 4.71. The molecule has 0 unspecified atom stereocenters. The van der Waals surface area contributed by atoms with E-state index in [2.05, 4.69) is 11.4 Å². The van der Waals surface area contributed by atoms with Gasteiger partial charge in [0, 0.05) is 6.42 Å². The lowest BCUT2D eigenvalue weighted by Crippen LogP contribution is -2.51. The second kappa shape index (κ2) is 7.34. The number of nitrogens with zero attached hydrogens (tertiary/aromatic N) is 1. The van der Waals surface area contributed by atoms with Crippen LogP contribution in [-0.4, -0.2) is 31.3 Å². The molecule has 0 saturated carbocycles. The van der Waals surface area contributed by atoms with Gasteiger partial charge in [-0.2, -0.15) is 5.26 Å². The van der Waals surface area contributed by atoms with Crippen LogP contribution in [0.25, 0.3) is 0 Å². The zero-order valence-electron chi connectivity index (χ0n) is 12.9. The molecular formula is C17H17N3O3S. The molecule has 0 aliphatic carbocycles. The van der Waals surface area contributed by atoms with Gasteiger partial charge in [0.05, 0.1) is 36.6 Å². The molecule has 124 valence electrons. The maximum Gasteiger partial charge on any atom is 0.263 e. The molecule has 24 heavy (non-hydrogen) atoms. The minimum Gasteiger partial charge on any atom is -0.488 e. The summed E-state index contributed by atoms with van der Waals surface area (Å²) in [5.74, 6) is 0.446. The van der Waals surface area contributed by atoms with Crippen molar-refractivity contribution in [3.63, 3.8) is 0 Å². The molecule has 1 aromatic carbocycles. The molecule has 3 rings (SSSR count). The number of nitrogens with one attached hydrogen (secondary N) is 1. The lowest BCUT2D eigenvalue weighted by Gasteiger charge is -2.32. The van der Waals surface area contributed by atoms with Crippen molar-refractivity contribution < 1.29 is 14.3 Å². The van der Waals surface area contributed by atoms with Gasteiger partial charge in [-0.05, 0) is 35.7 Å². The summed E-state index contributed by atoms with van der Waals surface area (Å²) in [6.07, 6.45) is 0.474. The fourth-order valence-electron chi connectivity index (χ4n) is 2.51. The first kappa shape index (κ1) is 16.3. The molecule has 2 aromatic rings. The van der Waals surface area contributed by atoms with E-state index >= 15 is 0 Å². The van der Waals surface area contributed by atoms with Gasteiger partial charge in [-0.15, -0.1) is 11.3 Å². The summed E-state index contributed by atoms with van der Waals surface area (Å²) < 4.78 is 11.5. The van der Waals surface area contributed by atoms with Crippen LogP contribution < -0.4 is 15.8 Å². The van der Waals surface area contributed by atoms with E-state index in [0.717, 1.165) is 0 Å². The molecule has 1 fully saturated rings. The predicted octanol–water partition coefficient (Wildman–Crippen LogP) is 2.17. The smallest absolute Gasteiger partial charge is 0.263 e. The quantitative estimate of drug-likeness (QED) is 0.887. The van der Waals surface area contributed by atoms with Crippen molar-refractivity contribution in [3.8, 4) is 11.8 Å². The Hall–Kier alpha value is -2.56. The Morgan fingerprint density at radius 1 is 1.38 bits per heavy atom. The average molecular weight is 343 g/mol. The van der Waals surface area contributed by atoms with Crippen LogP contribution in [0.3, 0.4) is 0 Å². The summed E-state index contributed by atoms with van der Waals surface area (Å²) in [4.78, 5) is 12.8. The largest absolute Gasteiger partial charge is 0.488 e. The number of amides is 1. The van der Waals surface area contributed by atoms with E-state index in [1.165, 1.54) is 11.3 Å². The van der Waals surface area contributed by atoms with Crippen LogP contribution in [-0.2, 0) is 4.74 Å². The Morgan fingerprint density at radius 2 is 2.17 bits per heavy atom. The Labute approximate surface area is 143 Å². The van der Waals surface area contributed by atoms with E-state index in [1.807, 2.05) is 0 Å². The number of rotatable bonds is 4. The van der Waals surface area contributed by atoms with Gasteiger partial charge in [-0.25, -0.2) is 0 Å². The number of hydrogen-bond acceptors (Lipinski definition) is 6. The van der Waals surface area contributed by atoms with Crippen LogP contribution >= 0.6 is 11.3 Å². The Bertz CT molecular complexity index is 751. The van der Waals surface area contributed by atoms with Crippen LogP contribution in [0, 0.1) is 11.3 Å². The summed E-state index contributed by atoms with van der Waals surface area (Å²) in [7, 11) is 0. The van der Waals surface area contributed by atoms with Crippen molar-refractivity contribution in [1.82, 2.24) is 5.32 Å². The predicted molar refractivity (Wildman–Crippen MR) is 91.0 cm³/mol. The molecule has 7 heteroatoms. The van der Waals surface area contributed by atoms with Gasteiger partial charge >= 0.3 is 0 Å². The number of hydrogen-bond donors (Lipinski definition) is 2. The highest BCUT2D eigenvalue weighted by molar-refractivity contribution is 7.12. The highest BCUT2D eigenvalue weighted by atomic mass is 32.1. The van der Waals surface area contributed by atoms with Crippen LogP contribution in [0.2, 0.25) is 0 Å². The summed E-state index contributed by atoms with van der Waals surface area (Å²) in [5.41, 5.74) is 6.84. The third kappa shape index (κ3) is 3.67. The first-order chi connectivity index (χ1) is 11.7. The fraction of sp³-hybridized carbons (Fsp3) is 0.294. The first-order valence-electron chi connectivity index (χ1n) is 7.56. The number of anilines is 1. The first-order valence-corrected chi connectivity index (χ1v) is 8.43. The maximum atomic E-state index is 12.3. The van der Waals surface area contributed by atoms with Crippen molar-refractivity contribution in [2.45, 2.75) is 18.6 Å². The second-order valence-corrected chi connectivity index (χ2v) is 6.36. The highest BCUT2D eigenvalue weighted by Crippen LogP contribution is 2.21. The van der Waals surface area contributed by atoms with Gasteiger partial charge in [0.1, 0.15) is 16.7 Å². The van der Waals surface area contributed by atoms with Crippen LogP contribution in [0.4, 0.5) is 5.69 Å². The minimum absolute atomic E-state index is 0.197. The van der Waals surface area contributed by atoms with Crippen LogP contribution in [0.5, 0.6) is 5.75 Å². The van der Waals surface area contributed by atoms with Gasteiger partial charge < -0.3 is 20.5 Å². The van der Waals surface area contributed by atoms with E-state index in [1.54, 1.807) is 35.7 Å². The van der Waals surface area contributed by atoms with Crippen molar-refractivity contribution in [1.29, 1.82) is 5.26 Å². The van der Waals surface area contributed by atoms with Gasteiger partial charge in [0.25, 0.3) is 5.91 Å². The molecule has 1 amide bonds. The SMILES string of the molecule is N#Cc1ccc(O[C@@H]2CCOC[C@H]2NC(=O)c2sccc2N)cc1. The van der Waals surface area contributed by atoms with E-state index in [4.69, 9.17) is 20.5 Å². The van der Waals surface area contributed by atoms with Gasteiger partial charge in [0.2, 0.25) is 0 Å². The summed E-state index contributed by atoms with van der Waals surface area (Å²) >= 11 is 1.31. The van der Waals surface area contributed by atoms with Crippen molar-refractivity contribution in [2.24, 2.45) is 0 Å². The Morgan fingerprint density at radius 3 is 2.83 bits per heavy atom. The average Bonchev–Trinajstić information content (AvgIpc) is 3.03. The van der Waals surface area contributed by atoms with E-state index in [-0.39, 0.29) is 18.1 Å². The maximum absolute atomic E-state index is 12.3. The number of carbonyl (C=O) groups is 1. The van der Waals surface area contributed by atoms with E-state index in [0.29, 0.717) is 41.5 Å². The molecule has 1 aliphatic heterocycles. The van der Waals surface area contributed by atoms with Crippen molar-refractivity contribution in [3.05, 3.63) is 46.2 Å². The molecule has 1 saturated heterocycles. The zero-order valence-corrected chi connectivity index (χ0v) is 13.7. The number of nitriles is 1. The van der Waals surface area contributed by atoms with Crippen molar-refractivity contribution in [2.75, 3.05) is 18.9 Å². The lowest BCUT2D eigenvalue weighted by atomic mass is 10.1.